The number of hydrogen-bond acceptors (Lipinski definition) is 5. The first kappa shape index (κ1) is 17.5. The van der Waals surface area contributed by atoms with Crippen LogP contribution >= 0.6 is 0 Å². The molecule has 0 unspecified atom stereocenters. The first-order valence-electron chi connectivity index (χ1n) is 7.32. The zero-order chi connectivity index (χ0) is 17.2. The predicted molar refractivity (Wildman–Crippen MR) is 87.2 cm³/mol. The maximum atomic E-state index is 12.6. The fourth-order valence-corrected chi connectivity index (χ4v) is 3.86. The normalized spacial score (nSPS) is 11.9. The van der Waals surface area contributed by atoms with Crippen LogP contribution in [0.3, 0.4) is 0 Å². The Kier molecular flexibility index (Phi) is 5.11. The molecule has 0 aliphatic heterocycles. The van der Waals surface area contributed by atoms with Gasteiger partial charge in [-0.05, 0) is 51.0 Å². The zero-order valence-corrected chi connectivity index (χ0v) is 14.9. The van der Waals surface area contributed by atoms with E-state index in [0.717, 1.165) is 16.9 Å². The summed E-state index contributed by atoms with van der Waals surface area (Å²) in [5.74, 6) is 1.04. The summed E-state index contributed by atoms with van der Waals surface area (Å²) in [6.07, 6.45) is 0. The molecule has 1 heterocycles. The summed E-state index contributed by atoms with van der Waals surface area (Å²) in [5.41, 5.74) is 2.58. The molecule has 0 amide bonds. The van der Waals surface area contributed by atoms with E-state index in [1.54, 1.807) is 13.8 Å². The minimum Gasteiger partial charge on any atom is -0.492 e. The molecule has 0 atom stereocenters. The number of hydrogen-bond donors (Lipinski definition) is 0. The summed E-state index contributed by atoms with van der Waals surface area (Å²) < 4.78 is 37.0. The van der Waals surface area contributed by atoms with Crippen molar-refractivity contribution in [2.24, 2.45) is 0 Å². The lowest BCUT2D eigenvalue weighted by atomic mass is 10.1. The monoisotopic (exact) mass is 338 g/mol. The molecule has 1 aromatic carbocycles. The molecule has 23 heavy (non-hydrogen) atoms. The van der Waals surface area contributed by atoms with Gasteiger partial charge in [-0.15, -0.1) is 0 Å². The SMILES string of the molecule is Cc1cc(C)cc(OCCN(C)S(=O)(=O)c2c(C)noc2C)c1. The van der Waals surface area contributed by atoms with Crippen molar-refractivity contribution in [3.63, 3.8) is 0 Å². The molecule has 0 radical (unpaired) electrons. The molecule has 2 aromatic rings. The van der Waals surface area contributed by atoms with Gasteiger partial charge in [-0.3, -0.25) is 0 Å². The molecule has 0 saturated carbocycles. The average molecular weight is 338 g/mol. The number of likely N-dealkylation sites (N-methyl/N-ethyl adjacent to an activating group) is 1. The van der Waals surface area contributed by atoms with Gasteiger partial charge in [0.1, 0.15) is 22.9 Å². The third kappa shape index (κ3) is 3.92. The second-order valence-corrected chi connectivity index (χ2v) is 7.63. The number of sulfonamides is 1. The molecule has 126 valence electrons. The van der Waals surface area contributed by atoms with E-state index in [1.807, 2.05) is 26.0 Å². The standard InChI is InChI=1S/C16H22N2O4S/c1-11-8-12(2)10-15(9-11)21-7-6-18(5)23(19,20)16-13(3)17-22-14(16)4/h8-10H,6-7H2,1-5H3. The van der Waals surface area contributed by atoms with E-state index in [9.17, 15) is 8.42 Å². The van der Waals surface area contributed by atoms with Gasteiger partial charge in [0.15, 0.2) is 5.76 Å². The van der Waals surface area contributed by atoms with Crippen molar-refractivity contribution >= 4 is 10.0 Å². The van der Waals surface area contributed by atoms with Crippen molar-refractivity contribution < 1.29 is 17.7 Å². The highest BCUT2D eigenvalue weighted by molar-refractivity contribution is 7.89. The van der Waals surface area contributed by atoms with Crippen LogP contribution in [0.2, 0.25) is 0 Å². The number of rotatable bonds is 6. The molecule has 0 N–H and O–H groups in total. The Bertz CT molecular complexity index is 757. The lowest BCUT2D eigenvalue weighted by molar-refractivity contribution is 0.286. The number of ether oxygens (including phenoxy) is 1. The van der Waals surface area contributed by atoms with Gasteiger partial charge < -0.3 is 9.26 Å². The maximum absolute atomic E-state index is 12.6. The van der Waals surface area contributed by atoms with Crippen LogP contribution in [0.25, 0.3) is 0 Å². The van der Waals surface area contributed by atoms with Crippen molar-refractivity contribution in [1.82, 2.24) is 9.46 Å². The minimum atomic E-state index is -3.63. The van der Waals surface area contributed by atoms with Gasteiger partial charge in [0.2, 0.25) is 10.0 Å². The van der Waals surface area contributed by atoms with Gasteiger partial charge in [-0.1, -0.05) is 11.2 Å². The molecule has 7 heteroatoms. The molecule has 1 aromatic heterocycles. The van der Waals surface area contributed by atoms with Crippen LogP contribution in [0.1, 0.15) is 22.6 Å². The van der Waals surface area contributed by atoms with Crippen molar-refractivity contribution in [2.45, 2.75) is 32.6 Å². The van der Waals surface area contributed by atoms with Crippen LogP contribution in [0.4, 0.5) is 0 Å². The highest BCUT2D eigenvalue weighted by atomic mass is 32.2. The number of aryl methyl sites for hydroxylation is 4. The van der Waals surface area contributed by atoms with E-state index < -0.39 is 10.0 Å². The summed E-state index contributed by atoms with van der Waals surface area (Å²) in [6, 6.07) is 5.91. The smallest absolute Gasteiger partial charge is 0.248 e. The Hall–Kier alpha value is -1.86. The molecular formula is C16H22N2O4S. The average Bonchev–Trinajstić information content (AvgIpc) is 2.77. The van der Waals surface area contributed by atoms with E-state index in [4.69, 9.17) is 9.26 Å². The Morgan fingerprint density at radius 2 is 1.74 bits per heavy atom. The van der Waals surface area contributed by atoms with Crippen molar-refractivity contribution in [3.05, 3.63) is 40.8 Å². The summed E-state index contributed by atoms with van der Waals surface area (Å²) in [7, 11) is -2.11. The molecule has 2 rings (SSSR count). The van der Waals surface area contributed by atoms with E-state index >= 15 is 0 Å². The molecule has 6 nitrogen and oxygen atoms in total. The quantitative estimate of drug-likeness (QED) is 0.809. The minimum absolute atomic E-state index is 0.131. The third-order valence-electron chi connectivity index (χ3n) is 3.51. The summed E-state index contributed by atoms with van der Waals surface area (Å²) in [6.45, 7) is 7.69. The van der Waals surface area contributed by atoms with Crippen LogP contribution in [-0.2, 0) is 10.0 Å². The largest absolute Gasteiger partial charge is 0.492 e. The molecule has 0 aliphatic carbocycles. The second-order valence-electron chi connectivity index (χ2n) is 5.65. The molecule has 0 saturated heterocycles. The van der Waals surface area contributed by atoms with Crippen LogP contribution in [0, 0.1) is 27.7 Å². The summed E-state index contributed by atoms with van der Waals surface area (Å²) >= 11 is 0. The van der Waals surface area contributed by atoms with Crippen molar-refractivity contribution in [2.75, 3.05) is 20.2 Å². The van der Waals surface area contributed by atoms with Crippen molar-refractivity contribution in [1.29, 1.82) is 0 Å². The Labute approximate surface area is 137 Å². The van der Waals surface area contributed by atoms with E-state index in [-0.39, 0.29) is 18.0 Å². The predicted octanol–water partition coefficient (Wildman–Crippen LogP) is 2.61. The Morgan fingerprint density at radius 1 is 1.13 bits per heavy atom. The first-order chi connectivity index (χ1) is 10.7. The Balaban J connectivity index is 2.03. The van der Waals surface area contributed by atoms with E-state index in [2.05, 4.69) is 11.2 Å². The van der Waals surface area contributed by atoms with Crippen LogP contribution < -0.4 is 4.74 Å². The number of aromatic nitrogens is 1. The first-order valence-corrected chi connectivity index (χ1v) is 8.76. The highest BCUT2D eigenvalue weighted by Gasteiger charge is 2.28. The summed E-state index contributed by atoms with van der Waals surface area (Å²) in [4.78, 5) is 0.131. The highest BCUT2D eigenvalue weighted by Crippen LogP contribution is 2.22. The van der Waals surface area contributed by atoms with Crippen LogP contribution in [0.5, 0.6) is 5.75 Å². The Morgan fingerprint density at radius 3 is 2.26 bits per heavy atom. The second kappa shape index (κ2) is 6.72. The van der Waals surface area contributed by atoms with Crippen molar-refractivity contribution in [3.8, 4) is 5.75 Å². The van der Waals surface area contributed by atoms with Crippen LogP contribution in [0.15, 0.2) is 27.6 Å². The number of benzene rings is 1. The maximum Gasteiger partial charge on any atom is 0.248 e. The van der Waals surface area contributed by atoms with Gasteiger partial charge in [0.05, 0.1) is 0 Å². The van der Waals surface area contributed by atoms with E-state index in [0.29, 0.717) is 11.5 Å². The third-order valence-corrected chi connectivity index (χ3v) is 5.61. The van der Waals surface area contributed by atoms with Gasteiger partial charge in [-0.2, -0.15) is 4.31 Å². The van der Waals surface area contributed by atoms with E-state index in [1.165, 1.54) is 11.4 Å². The summed E-state index contributed by atoms with van der Waals surface area (Å²) in [5, 5.41) is 3.70. The molecule has 0 bridgehead atoms. The van der Waals surface area contributed by atoms with Gasteiger partial charge in [0, 0.05) is 13.6 Å². The molecular weight excluding hydrogens is 316 g/mol. The van der Waals surface area contributed by atoms with Gasteiger partial charge in [0.25, 0.3) is 0 Å². The lowest BCUT2D eigenvalue weighted by Gasteiger charge is -2.17. The fraction of sp³-hybridized carbons (Fsp3) is 0.438. The fourth-order valence-electron chi connectivity index (χ4n) is 2.43. The topological polar surface area (TPSA) is 72.6 Å². The molecule has 0 aliphatic rings. The lowest BCUT2D eigenvalue weighted by Crippen LogP contribution is -2.31. The zero-order valence-electron chi connectivity index (χ0n) is 14.1. The van der Waals surface area contributed by atoms with Crippen LogP contribution in [-0.4, -0.2) is 38.1 Å². The van der Waals surface area contributed by atoms with Gasteiger partial charge in [-0.25, -0.2) is 8.42 Å². The molecule has 0 fully saturated rings. The van der Waals surface area contributed by atoms with Gasteiger partial charge >= 0.3 is 0 Å². The molecule has 0 spiro atoms. The number of nitrogens with zero attached hydrogens (tertiary/aromatic N) is 2.